The summed E-state index contributed by atoms with van der Waals surface area (Å²) in [6.07, 6.45) is 0.546. The molecule has 0 unspecified atom stereocenters. The van der Waals surface area contributed by atoms with E-state index in [-0.39, 0.29) is 5.91 Å². The molecule has 2 aromatic carbocycles. The number of amides is 1. The van der Waals surface area contributed by atoms with Crippen molar-refractivity contribution in [1.82, 2.24) is 10.6 Å². The molecule has 0 aromatic heterocycles. The predicted octanol–water partition coefficient (Wildman–Crippen LogP) is 2.80. The third kappa shape index (κ3) is 5.06. The smallest absolute Gasteiger partial charge is 0.221 e. The highest BCUT2D eigenvalue weighted by Crippen LogP contribution is 2.22. The van der Waals surface area contributed by atoms with Crippen molar-refractivity contribution in [3.63, 3.8) is 0 Å². The van der Waals surface area contributed by atoms with E-state index in [0.717, 1.165) is 24.6 Å². The Kier molecular flexibility index (Phi) is 6.57. The van der Waals surface area contributed by atoms with Crippen molar-refractivity contribution in [2.75, 3.05) is 25.9 Å². The van der Waals surface area contributed by atoms with Gasteiger partial charge in [-0.25, -0.2) is 0 Å². The summed E-state index contributed by atoms with van der Waals surface area (Å²) in [4.78, 5) is 11.4. The van der Waals surface area contributed by atoms with Gasteiger partial charge in [0, 0.05) is 31.0 Å². The van der Waals surface area contributed by atoms with E-state index >= 15 is 0 Å². The van der Waals surface area contributed by atoms with Gasteiger partial charge in [-0.3, -0.25) is 4.79 Å². The second-order valence-electron chi connectivity index (χ2n) is 4.89. The Hall–Kier alpha value is -1.52. The molecule has 0 bridgehead atoms. The molecule has 1 amide bonds. The highest BCUT2D eigenvalue weighted by Gasteiger charge is 2.01. The Morgan fingerprint density at radius 2 is 1.90 bits per heavy atom. The lowest BCUT2D eigenvalue weighted by Gasteiger charge is -2.07. The average molecular weight is 302 g/mol. The number of carbonyl (C=O) groups is 1. The SMILES string of the molecule is CNCCC(=O)NCCSCc1cccc2ccccc12. The lowest BCUT2D eigenvalue weighted by atomic mass is 10.1. The lowest BCUT2D eigenvalue weighted by molar-refractivity contribution is -0.120. The van der Waals surface area contributed by atoms with Gasteiger partial charge in [0.2, 0.25) is 5.91 Å². The molecule has 2 rings (SSSR count). The van der Waals surface area contributed by atoms with Gasteiger partial charge in [-0.2, -0.15) is 11.8 Å². The van der Waals surface area contributed by atoms with Crippen LogP contribution >= 0.6 is 11.8 Å². The van der Waals surface area contributed by atoms with E-state index < -0.39 is 0 Å². The highest BCUT2D eigenvalue weighted by molar-refractivity contribution is 7.98. The molecule has 21 heavy (non-hydrogen) atoms. The van der Waals surface area contributed by atoms with Gasteiger partial charge in [-0.1, -0.05) is 42.5 Å². The monoisotopic (exact) mass is 302 g/mol. The van der Waals surface area contributed by atoms with E-state index in [1.807, 2.05) is 18.8 Å². The average Bonchev–Trinajstić information content (AvgIpc) is 2.52. The Balaban J connectivity index is 1.74. The molecule has 0 saturated heterocycles. The van der Waals surface area contributed by atoms with Gasteiger partial charge in [0.1, 0.15) is 0 Å². The number of fused-ring (bicyclic) bond motifs is 1. The number of benzene rings is 2. The highest BCUT2D eigenvalue weighted by atomic mass is 32.2. The molecule has 4 heteroatoms. The van der Waals surface area contributed by atoms with Gasteiger partial charge in [0.25, 0.3) is 0 Å². The minimum Gasteiger partial charge on any atom is -0.355 e. The van der Waals surface area contributed by atoms with Crippen LogP contribution in [0.2, 0.25) is 0 Å². The van der Waals surface area contributed by atoms with Crippen molar-refractivity contribution in [2.45, 2.75) is 12.2 Å². The van der Waals surface area contributed by atoms with Crippen LogP contribution in [0, 0.1) is 0 Å². The number of carbonyl (C=O) groups excluding carboxylic acids is 1. The molecule has 0 aliphatic carbocycles. The zero-order valence-electron chi connectivity index (χ0n) is 12.4. The van der Waals surface area contributed by atoms with Crippen molar-refractivity contribution in [3.05, 3.63) is 48.0 Å². The maximum Gasteiger partial charge on any atom is 0.221 e. The third-order valence-corrected chi connectivity index (χ3v) is 4.32. The molecule has 0 heterocycles. The molecular weight excluding hydrogens is 280 g/mol. The van der Waals surface area contributed by atoms with Crippen LogP contribution in [0.4, 0.5) is 0 Å². The molecule has 0 fully saturated rings. The second-order valence-corrected chi connectivity index (χ2v) is 6.00. The standard InChI is InChI=1S/C17H22N2OS/c1-18-10-9-17(20)19-11-12-21-13-15-7-4-6-14-5-2-3-8-16(14)15/h2-8,18H,9-13H2,1H3,(H,19,20). The van der Waals surface area contributed by atoms with Gasteiger partial charge in [-0.05, 0) is 23.4 Å². The van der Waals surface area contributed by atoms with Crippen LogP contribution in [-0.4, -0.2) is 31.8 Å². The summed E-state index contributed by atoms with van der Waals surface area (Å²) in [5.74, 6) is 2.04. The minimum atomic E-state index is 0.120. The maximum absolute atomic E-state index is 11.4. The first-order chi connectivity index (χ1) is 10.3. The molecular formula is C17H22N2OS. The summed E-state index contributed by atoms with van der Waals surface area (Å²) < 4.78 is 0. The van der Waals surface area contributed by atoms with Gasteiger partial charge < -0.3 is 10.6 Å². The second kappa shape index (κ2) is 8.70. The van der Waals surface area contributed by atoms with Crippen LogP contribution in [-0.2, 0) is 10.5 Å². The van der Waals surface area contributed by atoms with Gasteiger partial charge in [-0.15, -0.1) is 0 Å². The fourth-order valence-electron chi connectivity index (χ4n) is 2.19. The molecule has 2 aromatic rings. The Bertz CT molecular complexity index is 581. The molecule has 0 atom stereocenters. The summed E-state index contributed by atoms with van der Waals surface area (Å²) in [5.41, 5.74) is 1.36. The van der Waals surface area contributed by atoms with Crippen molar-refractivity contribution in [3.8, 4) is 0 Å². The quantitative estimate of drug-likeness (QED) is 0.737. The molecule has 0 saturated carbocycles. The summed E-state index contributed by atoms with van der Waals surface area (Å²) in [5, 5.41) is 8.53. The van der Waals surface area contributed by atoms with Crippen LogP contribution in [0.5, 0.6) is 0 Å². The van der Waals surface area contributed by atoms with Crippen LogP contribution < -0.4 is 10.6 Å². The van der Waals surface area contributed by atoms with Crippen LogP contribution in [0.15, 0.2) is 42.5 Å². The maximum atomic E-state index is 11.4. The van der Waals surface area contributed by atoms with E-state index in [4.69, 9.17) is 0 Å². The van der Waals surface area contributed by atoms with E-state index in [1.54, 1.807) is 0 Å². The molecule has 3 nitrogen and oxygen atoms in total. The van der Waals surface area contributed by atoms with Crippen LogP contribution in [0.1, 0.15) is 12.0 Å². The van der Waals surface area contributed by atoms with Gasteiger partial charge in [0.15, 0.2) is 0 Å². The van der Waals surface area contributed by atoms with Crippen molar-refractivity contribution >= 4 is 28.4 Å². The number of hydrogen-bond acceptors (Lipinski definition) is 3. The van der Waals surface area contributed by atoms with E-state index in [1.165, 1.54) is 16.3 Å². The topological polar surface area (TPSA) is 41.1 Å². The predicted molar refractivity (Wildman–Crippen MR) is 91.7 cm³/mol. The van der Waals surface area contributed by atoms with Gasteiger partial charge >= 0.3 is 0 Å². The minimum absolute atomic E-state index is 0.120. The first-order valence-corrected chi connectivity index (χ1v) is 8.42. The van der Waals surface area contributed by atoms with E-state index in [0.29, 0.717) is 6.42 Å². The summed E-state index contributed by atoms with van der Waals surface area (Å²) in [6.45, 7) is 1.47. The number of thioether (sulfide) groups is 1. The Morgan fingerprint density at radius 1 is 1.10 bits per heavy atom. The zero-order valence-corrected chi connectivity index (χ0v) is 13.2. The van der Waals surface area contributed by atoms with Crippen molar-refractivity contribution in [1.29, 1.82) is 0 Å². The van der Waals surface area contributed by atoms with Crippen molar-refractivity contribution in [2.24, 2.45) is 0 Å². The molecule has 0 spiro atoms. The molecule has 0 aliphatic heterocycles. The van der Waals surface area contributed by atoms with Crippen LogP contribution in [0.3, 0.4) is 0 Å². The van der Waals surface area contributed by atoms with Crippen molar-refractivity contribution < 1.29 is 4.79 Å². The van der Waals surface area contributed by atoms with Gasteiger partial charge in [0.05, 0.1) is 0 Å². The van der Waals surface area contributed by atoms with Crippen LogP contribution in [0.25, 0.3) is 10.8 Å². The molecule has 2 N–H and O–H groups in total. The molecule has 112 valence electrons. The lowest BCUT2D eigenvalue weighted by Crippen LogP contribution is -2.28. The fraction of sp³-hybridized carbons (Fsp3) is 0.353. The third-order valence-electron chi connectivity index (χ3n) is 3.31. The number of rotatable bonds is 8. The Labute approximate surface area is 130 Å². The first-order valence-electron chi connectivity index (χ1n) is 7.27. The molecule has 0 aliphatic rings. The summed E-state index contributed by atoms with van der Waals surface area (Å²) in [7, 11) is 1.85. The normalized spacial score (nSPS) is 10.7. The first kappa shape index (κ1) is 15.9. The number of nitrogens with one attached hydrogen (secondary N) is 2. The number of hydrogen-bond donors (Lipinski definition) is 2. The summed E-state index contributed by atoms with van der Waals surface area (Å²) in [6, 6.07) is 14.9. The fourth-order valence-corrected chi connectivity index (χ4v) is 3.05. The van der Waals surface area contributed by atoms with E-state index in [9.17, 15) is 4.79 Å². The summed E-state index contributed by atoms with van der Waals surface area (Å²) >= 11 is 1.86. The largest absolute Gasteiger partial charge is 0.355 e. The zero-order chi connectivity index (χ0) is 14.9. The Morgan fingerprint density at radius 3 is 2.76 bits per heavy atom. The molecule has 0 radical (unpaired) electrons. The van der Waals surface area contributed by atoms with E-state index in [2.05, 4.69) is 53.1 Å².